The molecule has 1 amide bonds. The van der Waals surface area contributed by atoms with Crippen molar-refractivity contribution in [2.45, 2.75) is 38.6 Å². The largest absolute Gasteiger partial charge is 0.497 e. The summed E-state index contributed by atoms with van der Waals surface area (Å²) in [5.74, 6) is 1.11. The molecule has 0 saturated carbocycles. The predicted octanol–water partition coefficient (Wildman–Crippen LogP) is 4.30. The lowest BCUT2D eigenvalue weighted by atomic mass is 10.0. The summed E-state index contributed by atoms with van der Waals surface area (Å²) >= 11 is 0. The van der Waals surface area contributed by atoms with Crippen LogP contribution in [0.4, 0.5) is 0 Å². The third-order valence-corrected chi connectivity index (χ3v) is 4.79. The van der Waals surface area contributed by atoms with Crippen LogP contribution in [0, 0.1) is 6.92 Å². The SMILES string of the molecule is COc1ccc(CCC(=O)N2CCCC2c2cccc(C)c2)cc1. The molecular formula is C21H25NO2. The Morgan fingerprint density at radius 3 is 2.71 bits per heavy atom. The molecule has 24 heavy (non-hydrogen) atoms. The second-order valence-electron chi connectivity index (χ2n) is 6.51. The minimum absolute atomic E-state index is 0.244. The number of amides is 1. The fraction of sp³-hybridized carbons (Fsp3) is 0.381. The van der Waals surface area contributed by atoms with Gasteiger partial charge in [0.25, 0.3) is 0 Å². The number of ether oxygens (including phenoxy) is 1. The van der Waals surface area contributed by atoms with Crippen molar-refractivity contribution in [2.24, 2.45) is 0 Å². The first-order chi connectivity index (χ1) is 11.7. The Morgan fingerprint density at radius 1 is 1.21 bits per heavy atom. The molecule has 2 aromatic rings. The van der Waals surface area contributed by atoms with Gasteiger partial charge in [0.15, 0.2) is 0 Å². The van der Waals surface area contributed by atoms with Crippen LogP contribution in [0.15, 0.2) is 48.5 Å². The number of methoxy groups -OCH3 is 1. The van der Waals surface area contributed by atoms with Crippen molar-refractivity contribution < 1.29 is 9.53 Å². The van der Waals surface area contributed by atoms with E-state index in [4.69, 9.17) is 4.74 Å². The first-order valence-electron chi connectivity index (χ1n) is 8.66. The molecule has 1 atom stereocenters. The molecule has 3 rings (SSSR count). The zero-order valence-corrected chi connectivity index (χ0v) is 14.5. The highest BCUT2D eigenvalue weighted by Gasteiger charge is 2.29. The molecule has 1 aliphatic rings. The topological polar surface area (TPSA) is 29.5 Å². The van der Waals surface area contributed by atoms with Crippen LogP contribution in [-0.4, -0.2) is 24.5 Å². The van der Waals surface area contributed by atoms with Gasteiger partial charge < -0.3 is 9.64 Å². The number of rotatable bonds is 5. The Balaban J connectivity index is 1.63. The maximum atomic E-state index is 12.7. The molecule has 3 heteroatoms. The average Bonchev–Trinajstić information content (AvgIpc) is 3.10. The quantitative estimate of drug-likeness (QED) is 0.821. The summed E-state index contributed by atoms with van der Waals surface area (Å²) < 4.78 is 5.17. The molecule has 3 nitrogen and oxygen atoms in total. The molecule has 1 aliphatic heterocycles. The van der Waals surface area contributed by atoms with Gasteiger partial charge in [0.05, 0.1) is 13.2 Å². The summed E-state index contributed by atoms with van der Waals surface area (Å²) in [4.78, 5) is 14.8. The summed E-state index contributed by atoms with van der Waals surface area (Å²) in [6, 6.07) is 16.8. The standard InChI is InChI=1S/C21H25NO2/c1-16-5-3-6-18(15-16)20-7-4-14-22(20)21(23)13-10-17-8-11-19(24-2)12-9-17/h3,5-6,8-9,11-12,15,20H,4,7,10,13-14H2,1-2H3. The molecule has 0 radical (unpaired) electrons. The van der Waals surface area contributed by atoms with E-state index >= 15 is 0 Å². The first kappa shape index (κ1) is 16.6. The van der Waals surface area contributed by atoms with Crippen LogP contribution in [0.1, 0.15) is 42.0 Å². The third-order valence-electron chi connectivity index (χ3n) is 4.79. The molecule has 1 unspecified atom stereocenters. The van der Waals surface area contributed by atoms with Gasteiger partial charge in [-0.3, -0.25) is 4.79 Å². The fourth-order valence-electron chi connectivity index (χ4n) is 3.48. The van der Waals surface area contributed by atoms with Crippen molar-refractivity contribution >= 4 is 5.91 Å². The van der Waals surface area contributed by atoms with Gasteiger partial charge >= 0.3 is 0 Å². The summed E-state index contributed by atoms with van der Waals surface area (Å²) in [5.41, 5.74) is 3.70. The Labute approximate surface area is 144 Å². The highest BCUT2D eigenvalue weighted by molar-refractivity contribution is 5.77. The Hall–Kier alpha value is -2.29. The van der Waals surface area contributed by atoms with E-state index in [1.165, 1.54) is 16.7 Å². The molecule has 1 heterocycles. The minimum Gasteiger partial charge on any atom is -0.497 e. The molecule has 1 saturated heterocycles. The lowest BCUT2D eigenvalue weighted by Gasteiger charge is -2.25. The van der Waals surface area contributed by atoms with Crippen LogP contribution in [0.25, 0.3) is 0 Å². The second kappa shape index (κ2) is 7.52. The lowest BCUT2D eigenvalue weighted by molar-refractivity contribution is -0.132. The number of hydrogen-bond acceptors (Lipinski definition) is 2. The summed E-state index contributed by atoms with van der Waals surface area (Å²) in [7, 11) is 1.66. The van der Waals surface area contributed by atoms with Crippen LogP contribution in [0.3, 0.4) is 0 Å². The van der Waals surface area contributed by atoms with Crippen LogP contribution < -0.4 is 4.74 Å². The van der Waals surface area contributed by atoms with Gasteiger partial charge in [0.2, 0.25) is 5.91 Å². The van der Waals surface area contributed by atoms with E-state index in [1.807, 2.05) is 24.3 Å². The highest BCUT2D eigenvalue weighted by Crippen LogP contribution is 2.32. The van der Waals surface area contributed by atoms with E-state index in [0.29, 0.717) is 6.42 Å². The van der Waals surface area contributed by atoms with Gasteiger partial charge in [-0.15, -0.1) is 0 Å². The number of aryl methyl sites for hydroxylation is 2. The maximum absolute atomic E-state index is 12.7. The van der Waals surface area contributed by atoms with Crippen LogP contribution in [-0.2, 0) is 11.2 Å². The minimum atomic E-state index is 0.244. The van der Waals surface area contributed by atoms with Gasteiger partial charge in [0.1, 0.15) is 5.75 Å². The van der Waals surface area contributed by atoms with E-state index in [1.54, 1.807) is 7.11 Å². The van der Waals surface area contributed by atoms with Gasteiger partial charge in [-0.25, -0.2) is 0 Å². The number of likely N-dealkylation sites (tertiary alicyclic amines) is 1. The normalized spacial score (nSPS) is 17.1. The maximum Gasteiger partial charge on any atom is 0.223 e. The third kappa shape index (κ3) is 3.78. The average molecular weight is 323 g/mol. The van der Waals surface area contributed by atoms with Gasteiger partial charge in [-0.05, 0) is 49.4 Å². The Morgan fingerprint density at radius 2 is 2.00 bits per heavy atom. The van der Waals surface area contributed by atoms with Gasteiger partial charge in [0, 0.05) is 13.0 Å². The molecule has 126 valence electrons. The highest BCUT2D eigenvalue weighted by atomic mass is 16.5. The molecular weight excluding hydrogens is 298 g/mol. The number of carbonyl (C=O) groups excluding carboxylic acids is 1. The summed E-state index contributed by atoms with van der Waals surface area (Å²) in [6.45, 7) is 2.98. The van der Waals surface area contributed by atoms with Gasteiger partial charge in [-0.2, -0.15) is 0 Å². The van der Waals surface area contributed by atoms with Crippen molar-refractivity contribution in [2.75, 3.05) is 13.7 Å². The molecule has 0 spiro atoms. The summed E-state index contributed by atoms with van der Waals surface area (Å²) in [5, 5.41) is 0. The molecule has 2 aromatic carbocycles. The fourth-order valence-corrected chi connectivity index (χ4v) is 3.48. The van der Waals surface area contributed by atoms with Crippen LogP contribution in [0.5, 0.6) is 5.75 Å². The van der Waals surface area contributed by atoms with Crippen molar-refractivity contribution in [1.82, 2.24) is 4.90 Å². The summed E-state index contributed by atoms with van der Waals surface area (Å²) in [6.07, 6.45) is 3.50. The lowest BCUT2D eigenvalue weighted by Crippen LogP contribution is -2.30. The zero-order valence-electron chi connectivity index (χ0n) is 14.5. The molecule has 0 N–H and O–H groups in total. The van der Waals surface area contributed by atoms with Crippen molar-refractivity contribution in [3.63, 3.8) is 0 Å². The molecule has 0 aromatic heterocycles. The van der Waals surface area contributed by atoms with E-state index in [2.05, 4.69) is 36.1 Å². The molecule has 0 aliphatic carbocycles. The van der Waals surface area contributed by atoms with Crippen LogP contribution >= 0.6 is 0 Å². The van der Waals surface area contributed by atoms with E-state index < -0.39 is 0 Å². The van der Waals surface area contributed by atoms with E-state index in [9.17, 15) is 4.79 Å². The molecule has 0 bridgehead atoms. The monoisotopic (exact) mass is 323 g/mol. The first-order valence-corrected chi connectivity index (χ1v) is 8.66. The zero-order chi connectivity index (χ0) is 16.9. The number of carbonyl (C=O) groups is 1. The second-order valence-corrected chi connectivity index (χ2v) is 6.51. The van der Waals surface area contributed by atoms with Crippen molar-refractivity contribution in [3.8, 4) is 5.75 Å². The number of nitrogens with zero attached hydrogens (tertiary/aromatic N) is 1. The van der Waals surface area contributed by atoms with Crippen molar-refractivity contribution in [3.05, 3.63) is 65.2 Å². The van der Waals surface area contributed by atoms with Gasteiger partial charge in [-0.1, -0.05) is 42.0 Å². The van der Waals surface area contributed by atoms with Crippen molar-refractivity contribution in [1.29, 1.82) is 0 Å². The van der Waals surface area contributed by atoms with E-state index in [0.717, 1.165) is 31.6 Å². The Bertz CT molecular complexity index is 693. The van der Waals surface area contributed by atoms with E-state index in [-0.39, 0.29) is 11.9 Å². The van der Waals surface area contributed by atoms with Crippen LogP contribution in [0.2, 0.25) is 0 Å². The Kier molecular flexibility index (Phi) is 5.19. The smallest absolute Gasteiger partial charge is 0.223 e. The molecule has 1 fully saturated rings. The number of benzene rings is 2. The number of hydrogen-bond donors (Lipinski definition) is 0. The predicted molar refractivity (Wildman–Crippen MR) is 96.2 cm³/mol.